The van der Waals surface area contributed by atoms with Gasteiger partial charge in [-0.3, -0.25) is 9.59 Å². The Morgan fingerprint density at radius 3 is 2.06 bits per heavy atom. The number of carbonyl (C=O) groups is 2. The van der Waals surface area contributed by atoms with Crippen molar-refractivity contribution in [2.24, 2.45) is 5.41 Å². The van der Waals surface area contributed by atoms with Crippen molar-refractivity contribution in [2.45, 2.75) is 71.6 Å². The van der Waals surface area contributed by atoms with E-state index in [9.17, 15) is 45.6 Å². The number of ketones is 1. The number of nitriles is 1. The number of nitrogens with zero attached hydrogens (tertiary/aromatic N) is 3. The van der Waals surface area contributed by atoms with E-state index >= 15 is 0 Å². The number of piperidine rings is 1. The molecule has 0 unspecified atom stereocenters. The highest BCUT2D eigenvalue weighted by Crippen LogP contribution is 2.41. The number of anilines is 2. The van der Waals surface area contributed by atoms with E-state index in [1.807, 2.05) is 17.9 Å². The lowest BCUT2D eigenvalue weighted by Crippen LogP contribution is -2.40. The Balaban J connectivity index is 1.70. The van der Waals surface area contributed by atoms with E-state index in [4.69, 9.17) is 4.74 Å². The van der Waals surface area contributed by atoms with E-state index in [-0.39, 0.29) is 41.9 Å². The second-order valence-corrected chi connectivity index (χ2v) is 13.3. The van der Waals surface area contributed by atoms with Gasteiger partial charge in [0.15, 0.2) is 11.5 Å². The fraction of sp³-hybridized carbons (Fsp3) is 0.444. The van der Waals surface area contributed by atoms with Gasteiger partial charge in [0.2, 0.25) is 0 Å². The van der Waals surface area contributed by atoms with Crippen LogP contribution in [0.4, 0.5) is 42.2 Å². The van der Waals surface area contributed by atoms with Crippen LogP contribution in [0.5, 0.6) is 0 Å². The van der Waals surface area contributed by atoms with Gasteiger partial charge in [-0.15, -0.1) is 0 Å². The fourth-order valence-corrected chi connectivity index (χ4v) is 5.97. The van der Waals surface area contributed by atoms with Crippen molar-refractivity contribution in [1.29, 1.82) is 5.26 Å². The molecule has 2 heterocycles. The largest absolute Gasteiger partial charge is 0.466 e. The number of halogens is 7. The van der Waals surface area contributed by atoms with Crippen LogP contribution in [0.15, 0.2) is 42.5 Å². The first-order valence-electron chi connectivity index (χ1n) is 15.9. The van der Waals surface area contributed by atoms with Gasteiger partial charge in [-0.05, 0) is 99.0 Å². The lowest BCUT2D eigenvalue weighted by Gasteiger charge is -2.39. The van der Waals surface area contributed by atoms with Crippen LogP contribution < -0.4 is 10.2 Å². The van der Waals surface area contributed by atoms with Crippen molar-refractivity contribution >= 4 is 23.3 Å². The molecule has 0 aliphatic carbocycles. The number of pyridine rings is 1. The highest BCUT2D eigenvalue weighted by Gasteiger charge is 2.40. The van der Waals surface area contributed by atoms with Crippen LogP contribution in [0.1, 0.15) is 74.9 Å². The van der Waals surface area contributed by atoms with E-state index < -0.39 is 52.6 Å². The summed E-state index contributed by atoms with van der Waals surface area (Å²) in [6, 6.07) is 8.74. The standard InChI is InChI=1S/C36H37F7N4O3/c1-6-50-31(49)18-34(5)9-11-47(12-10-34)30-17-27(26-8-7-25(37)13-21(26)2)32(28(19-44)46-30)45-20-29(48)33(3,4)22-14-23(35(38,39)40)16-24(15-22)36(41,42)43/h7-8,13-17,45H,6,9-12,18,20H2,1-5H3. The Bertz CT molecular complexity index is 1770. The van der Waals surface area contributed by atoms with E-state index in [0.717, 1.165) is 0 Å². The van der Waals surface area contributed by atoms with Crippen molar-refractivity contribution in [2.75, 3.05) is 36.5 Å². The molecule has 0 spiro atoms. The zero-order valence-electron chi connectivity index (χ0n) is 28.2. The highest BCUT2D eigenvalue weighted by molar-refractivity contribution is 5.94. The smallest absolute Gasteiger partial charge is 0.416 e. The number of benzene rings is 2. The van der Waals surface area contributed by atoms with Gasteiger partial charge in [0.1, 0.15) is 17.7 Å². The van der Waals surface area contributed by atoms with E-state index in [2.05, 4.69) is 10.3 Å². The van der Waals surface area contributed by atoms with Crippen LogP contribution >= 0.6 is 0 Å². The predicted octanol–water partition coefficient (Wildman–Crippen LogP) is 8.62. The van der Waals surface area contributed by atoms with Crippen LogP contribution in [0.3, 0.4) is 0 Å². The molecule has 1 aromatic heterocycles. The lowest BCUT2D eigenvalue weighted by atomic mass is 9.77. The first kappa shape index (κ1) is 38.1. The van der Waals surface area contributed by atoms with Crippen molar-refractivity contribution < 1.29 is 45.1 Å². The van der Waals surface area contributed by atoms with E-state index in [1.165, 1.54) is 32.0 Å². The maximum Gasteiger partial charge on any atom is 0.416 e. The molecule has 1 aliphatic rings. The monoisotopic (exact) mass is 706 g/mol. The summed E-state index contributed by atoms with van der Waals surface area (Å²) in [7, 11) is 0. The number of ether oxygens (including phenoxy) is 1. The summed E-state index contributed by atoms with van der Waals surface area (Å²) < 4.78 is 101. The van der Waals surface area contributed by atoms with E-state index in [0.29, 0.717) is 60.6 Å². The maximum absolute atomic E-state index is 14.1. The molecule has 1 aliphatic heterocycles. The van der Waals surface area contributed by atoms with Gasteiger partial charge >= 0.3 is 18.3 Å². The minimum absolute atomic E-state index is 0.00472. The summed E-state index contributed by atoms with van der Waals surface area (Å²) >= 11 is 0. The minimum Gasteiger partial charge on any atom is -0.466 e. The number of aryl methyl sites for hydroxylation is 1. The number of alkyl halides is 6. The molecular formula is C36H37F7N4O3. The summed E-state index contributed by atoms with van der Waals surface area (Å²) in [5.74, 6) is -1.15. The number of rotatable bonds is 10. The second kappa shape index (κ2) is 14.3. The number of hydrogen-bond acceptors (Lipinski definition) is 7. The molecule has 1 saturated heterocycles. The topological polar surface area (TPSA) is 95.3 Å². The van der Waals surface area contributed by atoms with Crippen molar-refractivity contribution in [3.63, 3.8) is 0 Å². The Morgan fingerprint density at radius 2 is 1.54 bits per heavy atom. The number of hydrogen-bond donors (Lipinski definition) is 1. The van der Waals surface area contributed by atoms with E-state index in [1.54, 1.807) is 19.9 Å². The van der Waals surface area contributed by atoms with Crippen LogP contribution in [0.25, 0.3) is 11.1 Å². The number of carbonyl (C=O) groups excluding carboxylic acids is 2. The Kier molecular flexibility index (Phi) is 10.9. The maximum atomic E-state index is 14.1. The molecule has 0 radical (unpaired) electrons. The number of Topliss-reactive ketones (excluding diaryl/α,β-unsaturated/α-hetero) is 1. The molecule has 7 nitrogen and oxygen atoms in total. The van der Waals surface area contributed by atoms with Crippen LogP contribution in [-0.2, 0) is 32.1 Å². The van der Waals surface area contributed by atoms with Crippen LogP contribution in [0.2, 0.25) is 0 Å². The molecule has 0 saturated carbocycles. The van der Waals surface area contributed by atoms with Gasteiger partial charge in [-0.25, -0.2) is 9.37 Å². The zero-order chi connectivity index (χ0) is 37.2. The first-order valence-corrected chi connectivity index (χ1v) is 15.9. The van der Waals surface area contributed by atoms with Crippen molar-refractivity contribution in [3.8, 4) is 17.2 Å². The molecule has 0 atom stereocenters. The summed E-state index contributed by atoms with van der Waals surface area (Å²) in [6.07, 6.45) is -8.71. The molecule has 4 rings (SSSR count). The second-order valence-electron chi connectivity index (χ2n) is 13.3. The first-order chi connectivity index (χ1) is 23.2. The third-order valence-corrected chi connectivity index (χ3v) is 9.19. The SMILES string of the molecule is CCOC(=O)CC1(C)CCN(c2cc(-c3ccc(F)cc3C)c(NCC(=O)C(C)(C)c3cc(C(F)(F)F)cc(C(F)(F)F)c3)c(C#N)n2)CC1. The number of aromatic nitrogens is 1. The Labute approximate surface area is 285 Å². The fourth-order valence-electron chi connectivity index (χ4n) is 5.97. The quantitative estimate of drug-likeness (QED) is 0.167. The zero-order valence-corrected chi connectivity index (χ0v) is 28.2. The summed E-state index contributed by atoms with van der Waals surface area (Å²) in [4.78, 5) is 32.3. The molecule has 0 bridgehead atoms. The molecule has 14 heteroatoms. The predicted molar refractivity (Wildman–Crippen MR) is 173 cm³/mol. The Hall–Kier alpha value is -4.67. The lowest BCUT2D eigenvalue weighted by molar-refractivity contribution is -0.146. The van der Waals surface area contributed by atoms with Crippen LogP contribution in [0, 0.1) is 29.5 Å². The molecule has 50 heavy (non-hydrogen) atoms. The van der Waals surface area contributed by atoms with Gasteiger partial charge < -0.3 is 15.0 Å². The van der Waals surface area contributed by atoms with Crippen molar-refractivity contribution in [1.82, 2.24) is 4.98 Å². The van der Waals surface area contributed by atoms with Crippen molar-refractivity contribution in [3.05, 3.63) is 76.2 Å². The van der Waals surface area contributed by atoms with Crippen LogP contribution in [-0.4, -0.2) is 43.0 Å². The molecule has 0 amide bonds. The van der Waals surface area contributed by atoms with Gasteiger partial charge in [0.05, 0.1) is 41.8 Å². The minimum atomic E-state index is -5.10. The summed E-state index contributed by atoms with van der Waals surface area (Å²) in [5.41, 5.74) is -4.40. The molecule has 268 valence electrons. The van der Waals surface area contributed by atoms with Gasteiger partial charge in [0.25, 0.3) is 0 Å². The van der Waals surface area contributed by atoms with Gasteiger partial charge in [0, 0.05) is 18.7 Å². The summed E-state index contributed by atoms with van der Waals surface area (Å²) in [6.45, 7) is 8.49. The van der Waals surface area contributed by atoms with Gasteiger partial charge in [-0.1, -0.05) is 13.0 Å². The number of esters is 1. The molecule has 3 aromatic rings. The normalized spacial score (nSPS) is 15.0. The third kappa shape index (κ3) is 8.54. The number of nitrogens with one attached hydrogen (secondary N) is 1. The third-order valence-electron chi connectivity index (χ3n) is 9.19. The molecular weight excluding hydrogens is 669 g/mol. The molecule has 1 fully saturated rings. The highest BCUT2D eigenvalue weighted by atomic mass is 19.4. The van der Waals surface area contributed by atoms with Gasteiger partial charge in [-0.2, -0.15) is 31.6 Å². The summed E-state index contributed by atoms with van der Waals surface area (Å²) in [5, 5.41) is 13.1. The average molecular weight is 707 g/mol. The molecule has 1 N–H and O–H groups in total. The average Bonchev–Trinajstić information content (AvgIpc) is 3.02. The Morgan fingerprint density at radius 1 is 0.960 bits per heavy atom. The molecule has 2 aromatic carbocycles.